The summed E-state index contributed by atoms with van der Waals surface area (Å²) in [6.45, 7) is 0.994. The van der Waals surface area contributed by atoms with Crippen LogP contribution < -0.4 is 5.32 Å². The number of hydrogen-bond donors (Lipinski definition) is 2. The molecule has 2 aromatic rings. The molecule has 23 heavy (non-hydrogen) atoms. The van der Waals surface area contributed by atoms with Crippen molar-refractivity contribution in [3.63, 3.8) is 0 Å². The van der Waals surface area contributed by atoms with E-state index in [4.69, 9.17) is 9.15 Å². The van der Waals surface area contributed by atoms with E-state index in [-0.39, 0.29) is 6.61 Å². The maximum Gasteiger partial charge on any atom is 0.416 e. The van der Waals surface area contributed by atoms with Crippen molar-refractivity contribution in [3.8, 4) is 11.3 Å². The summed E-state index contributed by atoms with van der Waals surface area (Å²) in [5.41, 5.74) is -0.120. The van der Waals surface area contributed by atoms with E-state index in [0.717, 1.165) is 12.1 Å². The molecule has 0 radical (unpaired) electrons. The number of furan rings is 1. The van der Waals surface area contributed by atoms with Gasteiger partial charge in [0.2, 0.25) is 0 Å². The van der Waals surface area contributed by atoms with E-state index in [0.29, 0.717) is 30.2 Å². The predicted octanol–water partition coefficient (Wildman–Crippen LogP) is 3.06. The molecule has 0 bridgehead atoms. The molecule has 1 unspecified atom stereocenters. The van der Waals surface area contributed by atoms with E-state index in [1.54, 1.807) is 12.1 Å². The first-order valence-electron chi connectivity index (χ1n) is 7.04. The maximum atomic E-state index is 12.5. The fourth-order valence-corrected chi connectivity index (χ4v) is 2.06. The molecule has 0 aliphatic heterocycles. The zero-order chi connectivity index (χ0) is 16.9. The van der Waals surface area contributed by atoms with Gasteiger partial charge in [-0.25, -0.2) is 0 Å². The van der Waals surface area contributed by atoms with Gasteiger partial charge in [-0.2, -0.15) is 13.2 Å². The number of methoxy groups -OCH3 is 1. The van der Waals surface area contributed by atoms with Crippen LogP contribution in [0, 0.1) is 0 Å². The molecule has 0 aliphatic carbocycles. The zero-order valence-electron chi connectivity index (χ0n) is 12.6. The summed E-state index contributed by atoms with van der Waals surface area (Å²) in [4.78, 5) is 0. The predicted molar refractivity (Wildman–Crippen MR) is 78.7 cm³/mol. The smallest absolute Gasteiger partial charge is 0.416 e. The Balaban J connectivity index is 1.94. The van der Waals surface area contributed by atoms with Crippen LogP contribution in [0.25, 0.3) is 11.3 Å². The Morgan fingerprint density at radius 2 is 1.87 bits per heavy atom. The van der Waals surface area contributed by atoms with Crippen molar-refractivity contribution >= 4 is 0 Å². The van der Waals surface area contributed by atoms with Gasteiger partial charge in [0.25, 0.3) is 0 Å². The lowest BCUT2D eigenvalue weighted by Crippen LogP contribution is -2.29. The highest BCUT2D eigenvalue weighted by atomic mass is 19.4. The second-order valence-electron chi connectivity index (χ2n) is 5.08. The monoisotopic (exact) mass is 329 g/mol. The molecule has 0 amide bonds. The summed E-state index contributed by atoms with van der Waals surface area (Å²) in [5.74, 6) is 1.12. The number of benzene rings is 1. The van der Waals surface area contributed by atoms with Crippen molar-refractivity contribution in [1.82, 2.24) is 5.32 Å². The molecule has 0 aliphatic rings. The summed E-state index contributed by atoms with van der Waals surface area (Å²) < 4.78 is 48.0. The SMILES string of the molecule is COCC(O)CNCc1ccc(-c2ccc(C(F)(F)F)cc2)o1. The number of ether oxygens (including phenoxy) is 1. The lowest BCUT2D eigenvalue weighted by Gasteiger charge is -2.09. The molecule has 1 atom stereocenters. The third kappa shape index (κ3) is 5.09. The lowest BCUT2D eigenvalue weighted by atomic mass is 10.1. The Bertz CT molecular complexity index is 608. The summed E-state index contributed by atoms with van der Waals surface area (Å²) in [6, 6.07) is 8.24. The Labute approximate surface area is 131 Å². The molecule has 7 heteroatoms. The summed E-state index contributed by atoms with van der Waals surface area (Å²) in [6.07, 6.45) is -4.95. The van der Waals surface area contributed by atoms with Gasteiger partial charge in [0.1, 0.15) is 11.5 Å². The van der Waals surface area contributed by atoms with E-state index in [2.05, 4.69) is 5.32 Å². The fourth-order valence-electron chi connectivity index (χ4n) is 2.06. The van der Waals surface area contributed by atoms with E-state index < -0.39 is 17.8 Å². The highest BCUT2D eigenvalue weighted by Gasteiger charge is 2.30. The molecule has 4 nitrogen and oxygen atoms in total. The van der Waals surface area contributed by atoms with Gasteiger partial charge in [-0.1, -0.05) is 12.1 Å². The van der Waals surface area contributed by atoms with Crippen LogP contribution in [0.3, 0.4) is 0 Å². The van der Waals surface area contributed by atoms with Gasteiger partial charge >= 0.3 is 6.18 Å². The van der Waals surface area contributed by atoms with Crippen molar-refractivity contribution in [2.75, 3.05) is 20.3 Å². The second kappa shape index (κ2) is 7.63. The quantitative estimate of drug-likeness (QED) is 0.820. The highest BCUT2D eigenvalue weighted by Crippen LogP contribution is 2.31. The Morgan fingerprint density at radius 1 is 1.17 bits per heavy atom. The number of aliphatic hydroxyl groups is 1. The van der Waals surface area contributed by atoms with Crippen LogP contribution in [0.15, 0.2) is 40.8 Å². The largest absolute Gasteiger partial charge is 0.460 e. The number of hydrogen-bond acceptors (Lipinski definition) is 4. The minimum atomic E-state index is -4.35. The normalized spacial score (nSPS) is 13.3. The third-order valence-corrected chi connectivity index (χ3v) is 3.20. The van der Waals surface area contributed by atoms with E-state index >= 15 is 0 Å². The van der Waals surface area contributed by atoms with Gasteiger partial charge in [-0.15, -0.1) is 0 Å². The number of aliphatic hydroxyl groups excluding tert-OH is 1. The van der Waals surface area contributed by atoms with Gasteiger partial charge in [-0.3, -0.25) is 0 Å². The Hall–Kier alpha value is -1.83. The first kappa shape index (κ1) is 17.5. The fraction of sp³-hybridized carbons (Fsp3) is 0.375. The van der Waals surface area contributed by atoms with Crippen LogP contribution in [-0.4, -0.2) is 31.5 Å². The van der Waals surface area contributed by atoms with Crippen LogP contribution in [0.1, 0.15) is 11.3 Å². The van der Waals surface area contributed by atoms with Crippen LogP contribution in [-0.2, 0) is 17.5 Å². The van der Waals surface area contributed by atoms with Crippen molar-refractivity contribution in [3.05, 3.63) is 47.7 Å². The van der Waals surface area contributed by atoms with E-state index in [1.807, 2.05) is 0 Å². The third-order valence-electron chi connectivity index (χ3n) is 3.20. The summed E-state index contributed by atoms with van der Waals surface area (Å²) in [5, 5.41) is 12.5. The van der Waals surface area contributed by atoms with Gasteiger partial charge < -0.3 is 19.6 Å². The van der Waals surface area contributed by atoms with E-state index in [1.165, 1.54) is 19.2 Å². The van der Waals surface area contributed by atoms with Crippen molar-refractivity contribution in [2.45, 2.75) is 18.8 Å². The van der Waals surface area contributed by atoms with Gasteiger partial charge in [-0.05, 0) is 24.3 Å². The molecule has 0 fully saturated rings. The summed E-state index contributed by atoms with van der Waals surface area (Å²) >= 11 is 0. The molecule has 0 saturated heterocycles. The number of nitrogens with one attached hydrogen (secondary N) is 1. The minimum Gasteiger partial charge on any atom is -0.460 e. The van der Waals surface area contributed by atoms with Crippen LogP contribution >= 0.6 is 0 Å². The molecular formula is C16H18F3NO3. The Morgan fingerprint density at radius 3 is 2.48 bits per heavy atom. The maximum absolute atomic E-state index is 12.5. The molecular weight excluding hydrogens is 311 g/mol. The molecule has 0 saturated carbocycles. The average Bonchev–Trinajstić information content (AvgIpc) is 2.96. The first-order chi connectivity index (χ1) is 10.9. The molecule has 1 heterocycles. The number of alkyl halides is 3. The van der Waals surface area contributed by atoms with Gasteiger partial charge in [0, 0.05) is 19.2 Å². The second-order valence-corrected chi connectivity index (χ2v) is 5.08. The number of halogens is 3. The topological polar surface area (TPSA) is 54.6 Å². The van der Waals surface area contributed by atoms with Crippen molar-refractivity contribution < 1.29 is 27.4 Å². The molecule has 1 aromatic heterocycles. The Kier molecular flexibility index (Phi) is 5.81. The standard InChI is InChI=1S/C16H18F3NO3/c1-22-10-13(21)8-20-9-14-6-7-15(23-14)11-2-4-12(5-3-11)16(17,18)19/h2-7,13,20-21H,8-10H2,1H3. The van der Waals surface area contributed by atoms with Crippen molar-refractivity contribution in [2.24, 2.45) is 0 Å². The van der Waals surface area contributed by atoms with E-state index in [9.17, 15) is 18.3 Å². The molecule has 2 N–H and O–H groups in total. The van der Waals surface area contributed by atoms with Gasteiger partial charge in [0.15, 0.2) is 0 Å². The average molecular weight is 329 g/mol. The van der Waals surface area contributed by atoms with Crippen LogP contribution in [0.5, 0.6) is 0 Å². The van der Waals surface area contributed by atoms with Crippen molar-refractivity contribution in [1.29, 1.82) is 0 Å². The first-order valence-corrected chi connectivity index (χ1v) is 7.04. The lowest BCUT2D eigenvalue weighted by molar-refractivity contribution is -0.137. The molecule has 126 valence electrons. The zero-order valence-corrected chi connectivity index (χ0v) is 12.6. The number of rotatable bonds is 7. The van der Waals surface area contributed by atoms with Gasteiger partial charge in [0.05, 0.1) is 24.8 Å². The molecule has 1 aromatic carbocycles. The van der Waals surface area contributed by atoms with Crippen LogP contribution in [0.2, 0.25) is 0 Å². The summed E-state index contributed by atoms with van der Waals surface area (Å²) in [7, 11) is 1.51. The molecule has 2 rings (SSSR count). The minimum absolute atomic E-state index is 0.238. The van der Waals surface area contributed by atoms with Crippen LogP contribution in [0.4, 0.5) is 13.2 Å². The highest BCUT2D eigenvalue weighted by molar-refractivity contribution is 5.58. The molecule has 0 spiro atoms.